The van der Waals surface area contributed by atoms with Gasteiger partial charge in [0.1, 0.15) is 12.3 Å². The third kappa shape index (κ3) is 10.9. The Labute approximate surface area is 257 Å². The number of nitrogens with zero attached hydrogens (tertiary/aromatic N) is 6. The minimum absolute atomic E-state index is 0.0174. The van der Waals surface area contributed by atoms with Crippen molar-refractivity contribution in [1.29, 1.82) is 0 Å². The maximum absolute atomic E-state index is 13.9. The van der Waals surface area contributed by atoms with E-state index in [0.717, 1.165) is 29.7 Å². The van der Waals surface area contributed by atoms with E-state index in [4.69, 9.17) is 9.57 Å². The summed E-state index contributed by atoms with van der Waals surface area (Å²) in [7, 11) is -0.0291. The molecule has 0 aliphatic carbocycles. The second kappa shape index (κ2) is 14.9. The van der Waals surface area contributed by atoms with Crippen molar-refractivity contribution < 1.29 is 40.7 Å². The molecule has 0 spiro atoms. The Morgan fingerprint density at radius 3 is 2.27 bits per heavy atom. The van der Waals surface area contributed by atoms with Crippen LogP contribution in [0.25, 0.3) is 0 Å². The predicted octanol–water partition coefficient (Wildman–Crippen LogP) is 4.88. The Hall–Kier alpha value is -3.25. The van der Waals surface area contributed by atoms with Crippen LogP contribution in [0, 0.1) is 5.92 Å². The van der Waals surface area contributed by atoms with Crippen LogP contribution in [0.1, 0.15) is 37.3 Å². The van der Waals surface area contributed by atoms with E-state index in [1.54, 1.807) is 4.90 Å². The van der Waals surface area contributed by atoms with E-state index < -0.39 is 55.6 Å². The van der Waals surface area contributed by atoms with Crippen molar-refractivity contribution in [2.75, 3.05) is 43.6 Å². The average Bonchev–Trinajstić information content (AvgIpc) is 2.93. The third-order valence-corrected chi connectivity index (χ3v) is 8.84. The van der Waals surface area contributed by atoms with E-state index >= 15 is 0 Å². The maximum atomic E-state index is 13.9. The van der Waals surface area contributed by atoms with Gasteiger partial charge in [-0.3, -0.25) is 14.4 Å². The Morgan fingerprint density at radius 2 is 1.71 bits per heavy atom. The Kier molecular flexibility index (Phi) is 12.0. The number of halogens is 6. The molecule has 45 heavy (non-hydrogen) atoms. The molecule has 0 bridgehead atoms. The second-order valence-electron chi connectivity index (χ2n) is 12.2. The fraction of sp³-hybridized carbons (Fsp3) is 0.667. The van der Waals surface area contributed by atoms with Gasteiger partial charge in [0.05, 0.1) is 24.1 Å². The van der Waals surface area contributed by atoms with Gasteiger partial charge in [0.15, 0.2) is 0 Å². The molecule has 1 atom stereocenters. The summed E-state index contributed by atoms with van der Waals surface area (Å²) in [4.78, 5) is 40.2. The fourth-order valence-electron chi connectivity index (χ4n) is 4.44. The molecule has 0 saturated carbocycles. The highest BCUT2D eigenvalue weighted by Gasteiger charge is 2.39. The van der Waals surface area contributed by atoms with Crippen LogP contribution >= 0.6 is 0 Å². The van der Waals surface area contributed by atoms with Crippen LogP contribution in [0.5, 0.6) is 0 Å². The molecule has 18 heteroatoms. The number of anilines is 2. The summed E-state index contributed by atoms with van der Waals surface area (Å²) < 4.78 is 85.8. The van der Waals surface area contributed by atoms with Crippen LogP contribution in [-0.2, 0) is 33.5 Å². The number of alkyl halides is 6. The summed E-state index contributed by atoms with van der Waals surface area (Å²) >= 11 is 0. The smallest absolute Gasteiger partial charge is 0.378 e. The minimum atomic E-state index is -4.95. The zero-order valence-corrected chi connectivity index (χ0v) is 26.8. The lowest BCUT2D eigenvalue weighted by molar-refractivity contribution is -0.180. The van der Waals surface area contributed by atoms with Crippen molar-refractivity contribution in [3.63, 3.8) is 0 Å². The molecule has 252 valence electrons. The topological polar surface area (TPSA) is 115 Å². The van der Waals surface area contributed by atoms with Gasteiger partial charge in [0.25, 0.3) is 5.56 Å². The highest BCUT2D eigenvalue weighted by atomic mass is 28.3. The SMILES string of the molecule is CC(CON(C)C(=O)CC1CCN(c2ncc(C(F)(F)F)cn2)CC1)Nc1cnn(COCC[Si](C)(C)C)c(=O)c1C(F)(F)F. The number of aromatic nitrogens is 4. The number of carbonyl (C=O) groups is 1. The normalized spacial score (nSPS) is 15.7. The summed E-state index contributed by atoms with van der Waals surface area (Å²) in [5.41, 5.74) is -4.19. The Bertz CT molecular complexity index is 1330. The lowest BCUT2D eigenvalue weighted by Gasteiger charge is -2.32. The quantitative estimate of drug-likeness (QED) is 0.138. The van der Waals surface area contributed by atoms with Crippen molar-refractivity contribution in [1.82, 2.24) is 24.8 Å². The van der Waals surface area contributed by atoms with Crippen LogP contribution in [0.15, 0.2) is 23.4 Å². The van der Waals surface area contributed by atoms with Crippen LogP contribution < -0.4 is 15.8 Å². The number of nitrogens with one attached hydrogen (secondary N) is 1. The third-order valence-electron chi connectivity index (χ3n) is 7.13. The van der Waals surface area contributed by atoms with Crippen molar-refractivity contribution in [2.24, 2.45) is 5.92 Å². The number of hydrogen-bond acceptors (Lipinski definition) is 9. The summed E-state index contributed by atoms with van der Waals surface area (Å²) in [6, 6.07) is 0.0427. The van der Waals surface area contributed by atoms with E-state index in [9.17, 15) is 35.9 Å². The predicted molar refractivity (Wildman–Crippen MR) is 156 cm³/mol. The van der Waals surface area contributed by atoms with E-state index in [0.29, 0.717) is 37.2 Å². The van der Waals surface area contributed by atoms with Gasteiger partial charge in [-0.15, -0.1) is 0 Å². The number of amides is 1. The number of piperidine rings is 1. The summed E-state index contributed by atoms with van der Waals surface area (Å²) in [6.45, 7) is 8.52. The van der Waals surface area contributed by atoms with E-state index in [1.165, 1.54) is 14.0 Å². The van der Waals surface area contributed by atoms with E-state index in [-0.39, 0.29) is 30.8 Å². The average molecular weight is 668 g/mol. The summed E-state index contributed by atoms with van der Waals surface area (Å²) in [6.07, 6.45) is -5.80. The lowest BCUT2D eigenvalue weighted by Crippen LogP contribution is -2.38. The van der Waals surface area contributed by atoms with Crippen molar-refractivity contribution in [3.8, 4) is 0 Å². The monoisotopic (exact) mass is 667 g/mol. The highest BCUT2D eigenvalue weighted by molar-refractivity contribution is 6.76. The molecule has 1 fully saturated rings. The van der Waals surface area contributed by atoms with Gasteiger partial charge in [0.2, 0.25) is 11.9 Å². The first-order valence-electron chi connectivity index (χ1n) is 14.4. The van der Waals surface area contributed by atoms with Crippen molar-refractivity contribution in [3.05, 3.63) is 40.1 Å². The van der Waals surface area contributed by atoms with Crippen molar-refractivity contribution >= 4 is 25.6 Å². The highest BCUT2D eigenvalue weighted by Crippen LogP contribution is 2.32. The van der Waals surface area contributed by atoms with Gasteiger partial charge in [-0.05, 0) is 31.7 Å². The summed E-state index contributed by atoms with van der Waals surface area (Å²) in [5, 5.41) is 7.45. The zero-order valence-electron chi connectivity index (χ0n) is 25.8. The molecule has 1 N–H and O–H groups in total. The molecule has 2 aromatic rings. The number of hydroxylamine groups is 2. The van der Waals surface area contributed by atoms with Crippen LogP contribution in [0.4, 0.5) is 38.0 Å². The first-order chi connectivity index (χ1) is 20.8. The first kappa shape index (κ1) is 36.2. The maximum Gasteiger partial charge on any atom is 0.423 e. The van der Waals surface area contributed by atoms with Gasteiger partial charge in [-0.25, -0.2) is 19.7 Å². The molecule has 1 saturated heterocycles. The second-order valence-corrected chi connectivity index (χ2v) is 17.8. The van der Waals surface area contributed by atoms with Gasteiger partial charge >= 0.3 is 12.4 Å². The first-order valence-corrected chi connectivity index (χ1v) is 18.1. The largest absolute Gasteiger partial charge is 0.423 e. The molecular weight excluding hydrogens is 628 g/mol. The minimum Gasteiger partial charge on any atom is -0.378 e. The Balaban J connectivity index is 1.48. The molecule has 3 rings (SSSR count). The van der Waals surface area contributed by atoms with Crippen molar-refractivity contribution in [2.45, 2.75) is 77.0 Å². The Morgan fingerprint density at radius 1 is 1.09 bits per heavy atom. The van der Waals surface area contributed by atoms with Gasteiger partial charge in [0, 0.05) is 59.7 Å². The molecule has 3 heterocycles. The number of carbonyl (C=O) groups excluding carboxylic acids is 1. The van der Waals surface area contributed by atoms with E-state index in [1.807, 2.05) is 0 Å². The molecular formula is C27H39F6N7O4Si. The standard InChI is InChI=1S/C27H39F6N7O4Si/c1-18(37-21-15-36-40(17-43-10-11-45(3,4)5)24(42)23(21)27(31,32)33)16-44-38(2)22(41)12-19-6-8-39(9-7-19)25-34-13-20(14-35-25)26(28,29)30/h13-15,18-19,37H,6-12,16-17H2,1-5H3. The lowest BCUT2D eigenvalue weighted by atomic mass is 9.93. The molecule has 1 amide bonds. The number of rotatable bonds is 13. The van der Waals surface area contributed by atoms with Gasteiger partial charge < -0.3 is 15.0 Å². The molecule has 0 radical (unpaired) electrons. The van der Waals surface area contributed by atoms with Crippen LogP contribution in [0.3, 0.4) is 0 Å². The molecule has 1 aliphatic heterocycles. The zero-order chi connectivity index (χ0) is 33.6. The summed E-state index contributed by atoms with van der Waals surface area (Å²) in [5.74, 6) is -0.182. The molecule has 1 aliphatic rings. The molecule has 0 aromatic carbocycles. The van der Waals surface area contributed by atoms with Gasteiger partial charge in [-0.2, -0.15) is 31.4 Å². The number of hydrogen-bond donors (Lipinski definition) is 1. The molecule has 2 aromatic heterocycles. The number of ether oxygens (including phenoxy) is 1. The fourth-order valence-corrected chi connectivity index (χ4v) is 5.20. The van der Waals surface area contributed by atoms with Gasteiger partial charge in [-0.1, -0.05) is 19.6 Å². The van der Waals surface area contributed by atoms with Crippen LogP contribution in [-0.4, -0.2) is 78.2 Å². The molecule has 1 unspecified atom stereocenters. The van der Waals surface area contributed by atoms with Crippen LogP contribution in [0.2, 0.25) is 25.7 Å². The molecule has 11 nitrogen and oxygen atoms in total. The van der Waals surface area contributed by atoms with E-state index in [2.05, 4.69) is 40.0 Å².